The number of piperazine rings is 1. The fraction of sp³-hybridized carbons (Fsp3) is 0.375. The van der Waals surface area contributed by atoms with Crippen LogP contribution in [0.2, 0.25) is 0 Å². The molecule has 1 aliphatic rings. The van der Waals surface area contributed by atoms with Gasteiger partial charge in [0.05, 0.1) is 11.9 Å². The molecule has 0 spiro atoms. The maximum absolute atomic E-state index is 5.71. The maximum atomic E-state index is 5.71. The number of anilines is 5. The summed E-state index contributed by atoms with van der Waals surface area (Å²) in [4.78, 5) is 13.1. The number of nitrogen functional groups attached to an aromatic ring is 2. The van der Waals surface area contributed by atoms with Gasteiger partial charge in [0.25, 0.3) is 0 Å². The highest BCUT2D eigenvalue weighted by Crippen LogP contribution is 2.26. The molecule has 0 unspecified atom stereocenters. The molecule has 2 aromatic rings. The molecule has 0 amide bonds. The quantitative estimate of drug-likeness (QED) is 0.789. The normalized spacial score (nSPS) is 15.7. The first kappa shape index (κ1) is 15.4. The van der Waals surface area contributed by atoms with Crippen molar-refractivity contribution >= 4 is 28.8 Å². The summed E-state index contributed by atoms with van der Waals surface area (Å²) < 4.78 is 0. The topological polar surface area (TPSA) is 96.3 Å². The molecule has 7 nitrogen and oxygen atoms in total. The Hall–Kier alpha value is -2.54. The zero-order valence-electron chi connectivity index (χ0n) is 13.6. The molecule has 1 fully saturated rings. The number of aromatic nitrogens is 2. The molecule has 0 atom stereocenters. The summed E-state index contributed by atoms with van der Waals surface area (Å²) in [6, 6.07) is 6.28. The number of benzene rings is 1. The predicted molar refractivity (Wildman–Crippen MR) is 95.0 cm³/mol. The number of likely N-dealkylation sites (N-methyl/N-ethyl adjacent to an activating group) is 1. The highest BCUT2D eigenvalue weighted by Gasteiger charge is 2.16. The zero-order valence-corrected chi connectivity index (χ0v) is 13.6. The van der Waals surface area contributed by atoms with Crippen molar-refractivity contribution < 1.29 is 0 Å². The standard InChI is InChI=1S/C16H23N7/c1-11-9-12(20-16-19-10-13(17)15(18)21-16)3-4-14(11)23-7-5-22(2)6-8-23/h3-4,9-10H,5-8,17H2,1-2H3,(H3,18,19,20,21). The Bertz CT molecular complexity index is 693. The number of hydrogen-bond acceptors (Lipinski definition) is 7. The van der Waals surface area contributed by atoms with Crippen molar-refractivity contribution in [1.29, 1.82) is 0 Å². The van der Waals surface area contributed by atoms with Gasteiger partial charge in [-0.2, -0.15) is 4.98 Å². The molecule has 7 heteroatoms. The summed E-state index contributed by atoms with van der Waals surface area (Å²) in [6.07, 6.45) is 1.51. The van der Waals surface area contributed by atoms with Crippen LogP contribution in [0.15, 0.2) is 24.4 Å². The van der Waals surface area contributed by atoms with Gasteiger partial charge in [-0.3, -0.25) is 0 Å². The van der Waals surface area contributed by atoms with Crippen LogP contribution in [0.25, 0.3) is 0 Å². The third kappa shape index (κ3) is 3.45. The van der Waals surface area contributed by atoms with Crippen LogP contribution in [-0.2, 0) is 0 Å². The van der Waals surface area contributed by atoms with Gasteiger partial charge in [0.15, 0.2) is 5.82 Å². The van der Waals surface area contributed by atoms with Gasteiger partial charge in [0, 0.05) is 37.6 Å². The summed E-state index contributed by atoms with van der Waals surface area (Å²) in [5, 5.41) is 3.17. The smallest absolute Gasteiger partial charge is 0.229 e. The lowest BCUT2D eigenvalue weighted by Crippen LogP contribution is -2.44. The number of nitrogens with two attached hydrogens (primary N) is 2. The molecular weight excluding hydrogens is 290 g/mol. The van der Waals surface area contributed by atoms with Gasteiger partial charge in [0.2, 0.25) is 5.95 Å². The van der Waals surface area contributed by atoms with Crippen LogP contribution < -0.4 is 21.7 Å². The van der Waals surface area contributed by atoms with Crippen molar-refractivity contribution in [1.82, 2.24) is 14.9 Å². The largest absolute Gasteiger partial charge is 0.394 e. The third-order valence-electron chi connectivity index (χ3n) is 4.14. The second kappa shape index (κ2) is 6.29. The van der Waals surface area contributed by atoms with Gasteiger partial charge in [-0.15, -0.1) is 0 Å². The predicted octanol–water partition coefficient (Wildman–Crippen LogP) is 1.44. The van der Waals surface area contributed by atoms with Crippen molar-refractivity contribution in [3.05, 3.63) is 30.0 Å². The lowest BCUT2D eigenvalue weighted by Gasteiger charge is -2.35. The molecule has 1 aliphatic heterocycles. The molecule has 1 aromatic heterocycles. The van der Waals surface area contributed by atoms with Gasteiger partial charge in [-0.25, -0.2) is 4.98 Å². The first-order valence-electron chi connectivity index (χ1n) is 7.72. The Labute approximate surface area is 136 Å². The van der Waals surface area contributed by atoms with Crippen molar-refractivity contribution in [3.63, 3.8) is 0 Å². The number of rotatable bonds is 3. The van der Waals surface area contributed by atoms with E-state index in [1.165, 1.54) is 17.4 Å². The fourth-order valence-corrected chi connectivity index (χ4v) is 2.73. The number of hydrogen-bond donors (Lipinski definition) is 3. The van der Waals surface area contributed by atoms with E-state index in [1.807, 2.05) is 6.07 Å². The van der Waals surface area contributed by atoms with Crippen LogP contribution in [0.4, 0.5) is 28.8 Å². The lowest BCUT2D eigenvalue weighted by molar-refractivity contribution is 0.312. The summed E-state index contributed by atoms with van der Waals surface area (Å²) >= 11 is 0. The van der Waals surface area contributed by atoms with Crippen molar-refractivity contribution in [3.8, 4) is 0 Å². The van der Waals surface area contributed by atoms with E-state index in [1.54, 1.807) is 0 Å². The summed E-state index contributed by atoms with van der Waals surface area (Å²) in [7, 11) is 2.16. The highest BCUT2D eigenvalue weighted by molar-refractivity contribution is 5.65. The van der Waals surface area contributed by atoms with Crippen molar-refractivity contribution in [2.45, 2.75) is 6.92 Å². The van der Waals surface area contributed by atoms with E-state index in [9.17, 15) is 0 Å². The molecule has 1 aromatic carbocycles. The molecule has 3 rings (SSSR count). The number of nitrogens with one attached hydrogen (secondary N) is 1. The summed E-state index contributed by atoms with van der Waals surface area (Å²) in [5.74, 6) is 0.733. The Kier molecular flexibility index (Phi) is 4.20. The maximum Gasteiger partial charge on any atom is 0.229 e. The molecular formula is C16H23N7. The SMILES string of the molecule is Cc1cc(Nc2ncc(N)c(N)n2)ccc1N1CCN(C)CC1. The van der Waals surface area contributed by atoms with Crippen LogP contribution in [-0.4, -0.2) is 48.1 Å². The van der Waals surface area contributed by atoms with Crippen molar-refractivity contribution in [2.75, 3.05) is 54.9 Å². The average Bonchev–Trinajstić information content (AvgIpc) is 2.52. The van der Waals surface area contributed by atoms with Crippen molar-refractivity contribution in [2.24, 2.45) is 0 Å². The Morgan fingerprint density at radius 3 is 2.52 bits per heavy atom. The lowest BCUT2D eigenvalue weighted by atomic mass is 10.1. The number of nitrogens with zero attached hydrogens (tertiary/aromatic N) is 4. The monoisotopic (exact) mass is 313 g/mol. The highest BCUT2D eigenvalue weighted by atomic mass is 15.2. The molecule has 5 N–H and O–H groups in total. The van der Waals surface area contributed by atoms with Crippen LogP contribution in [0.1, 0.15) is 5.56 Å². The molecule has 1 saturated heterocycles. The van der Waals surface area contributed by atoms with E-state index in [4.69, 9.17) is 11.5 Å². The number of aryl methyl sites for hydroxylation is 1. The summed E-state index contributed by atoms with van der Waals surface area (Å²) in [6.45, 7) is 6.43. The zero-order chi connectivity index (χ0) is 16.4. The molecule has 2 heterocycles. The van der Waals surface area contributed by atoms with Gasteiger partial charge in [-0.1, -0.05) is 0 Å². The molecule has 0 radical (unpaired) electrons. The molecule has 122 valence electrons. The Morgan fingerprint density at radius 2 is 1.87 bits per heavy atom. The van der Waals surface area contributed by atoms with Crippen LogP contribution in [0.5, 0.6) is 0 Å². The third-order valence-corrected chi connectivity index (χ3v) is 4.14. The van der Waals surface area contributed by atoms with E-state index in [0.717, 1.165) is 31.9 Å². The van der Waals surface area contributed by atoms with Gasteiger partial charge in [0.1, 0.15) is 0 Å². The van der Waals surface area contributed by atoms with Crippen LogP contribution in [0.3, 0.4) is 0 Å². The molecule has 0 saturated carbocycles. The Balaban J connectivity index is 1.75. The molecule has 0 bridgehead atoms. The van der Waals surface area contributed by atoms with E-state index < -0.39 is 0 Å². The fourth-order valence-electron chi connectivity index (χ4n) is 2.73. The minimum absolute atomic E-state index is 0.285. The first-order valence-corrected chi connectivity index (χ1v) is 7.72. The van der Waals surface area contributed by atoms with E-state index in [0.29, 0.717) is 11.6 Å². The van der Waals surface area contributed by atoms with E-state index >= 15 is 0 Å². The Morgan fingerprint density at radius 1 is 1.13 bits per heavy atom. The van der Waals surface area contributed by atoms with E-state index in [2.05, 4.69) is 51.2 Å². The second-order valence-electron chi connectivity index (χ2n) is 5.95. The summed E-state index contributed by atoms with van der Waals surface area (Å²) in [5.41, 5.74) is 15.2. The van der Waals surface area contributed by atoms with Crippen LogP contribution >= 0.6 is 0 Å². The average molecular weight is 313 g/mol. The first-order chi connectivity index (χ1) is 11.0. The minimum Gasteiger partial charge on any atom is -0.394 e. The second-order valence-corrected chi connectivity index (χ2v) is 5.95. The van der Waals surface area contributed by atoms with Crippen LogP contribution in [0, 0.1) is 6.92 Å². The van der Waals surface area contributed by atoms with E-state index in [-0.39, 0.29) is 5.82 Å². The minimum atomic E-state index is 0.285. The molecule has 0 aliphatic carbocycles. The molecule has 23 heavy (non-hydrogen) atoms. The van der Waals surface area contributed by atoms with Gasteiger partial charge < -0.3 is 26.6 Å². The van der Waals surface area contributed by atoms with Gasteiger partial charge >= 0.3 is 0 Å². The van der Waals surface area contributed by atoms with Gasteiger partial charge in [-0.05, 0) is 37.7 Å².